The molecule has 1 aromatic heterocycles. The molecule has 0 unspecified atom stereocenters. The van der Waals surface area contributed by atoms with Gasteiger partial charge in [0.15, 0.2) is 0 Å². The van der Waals surface area contributed by atoms with Crippen LogP contribution in [0.4, 0.5) is 5.69 Å². The molecule has 4 heteroatoms. The van der Waals surface area contributed by atoms with E-state index in [9.17, 15) is 0 Å². The van der Waals surface area contributed by atoms with Gasteiger partial charge in [0.2, 0.25) is 0 Å². The Balaban J connectivity index is 2.21. The van der Waals surface area contributed by atoms with Crippen LogP contribution in [0.1, 0.15) is 6.42 Å². The number of fused-ring (bicyclic) bond motifs is 1. The molecule has 0 atom stereocenters. The first-order valence-electron chi connectivity index (χ1n) is 5.01. The maximum Gasteiger partial charge on any atom is 0.0683 e. The summed E-state index contributed by atoms with van der Waals surface area (Å²) in [5, 5.41) is 5.40. The molecule has 0 saturated carbocycles. The largest absolute Gasteiger partial charge is 0.399 e. The first-order valence-corrected chi connectivity index (χ1v) is 5.01. The average molecular weight is 205 g/mol. The maximum absolute atomic E-state index is 5.70. The summed E-state index contributed by atoms with van der Waals surface area (Å²) in [6.07, 6.45) is 2.82. The zero-order chi connectivity index (χ0) is 10.7. The summed E-state index contributed by atoms with van der Waals surface area (Å²) in [6.45, 7) is 1.64. The topological polar surface area (TPSA) is 53.1 Å². The first-order chi connectivity index (χ1) is 7.31. The number of nitrogen functional groups attached to an aromatic ring is 1. The summed E-state index contributed by atoms with van der Waals surface area (Å²) in [4.78, 5) is 0. The van der Waals surface area contributed by atoms with Crippen LogP contribution in [-0.4, -0.2) is 23.5 Å². The number of hydrogen-bond acceptors (Lipinski definition) is 3. The predicted molar refractivity (Wildman–Crippen MR) is 60.6 cm³/mol. The van der Waals surface area contributed by atoms with Crippen LogP contribution in [0.2, 0.25) is 0 Å². The van der Waals surface area contributed by atoms with Crippen LogP contribution in [0.5, 0.6) is 0 Å². The molecule has 0 aliphatic rings. The van der Waals surface area contributed by atoms with Gasteiger partial charge in [0, 0.05) is 31.3 Å². The Bertz CT molecular complexity index is 450. The van der Waals surface area contributed by atoms with Gasteiger partial charge in [0.1, 0.15) is 0 Å². The van der Waals surface area contributed by atoms with E-state index in [2.05, 4.69) is 5.10 Å². The third-order valence-electron chi connectivity index (χ3n) is 2.38. The monoisotopic (exact) mass is 205 g/mol. The van der Waals surface area contributed by atoms with Crippen LogP contribution in [0.3, 0.4) is 0 Å². The summed E-state index contributed by atoms with van der Waals surface area (Å²) in [7, 11) is 1.71. The second-order valence-corrected chi connectivity index (χ2v) is 3.53. The number of ether oxygens (including phenoxy) is 1. The molecule has 0 aliphatic carbocycles. The number of anilines is 1. The van der Waals surface area contributed by atoms with Crippen molar-refractivity contribution in [1.29, 1.82) is 0 Å². The molecular weight excluding hydrogens is 190 g/mol. The lowest BCUT2D eigenvalue weighted by Gasteiger charge is -2.02. The highest BCUT2D eigenvalue weighted by Gasteiger charge is 2.01. The number of nitrogens with zero attached hydrogens (tertiary/aromatic N) is 2. The standard InChI is InChI=1S/C11H15N3O/c1-15-6-2-5-14-11-4-3-10(12)7-9(11)8-13-14/h3-4,7-8H,2,5-6,12H2,1H3. The van der Waals surface area contributed by atoms with Crippen molar-refractivity contribution in [2.75, 3.05) is 19.5 Å². The van der Waals surface area contributed by atoms with Gasteiger partial charge in [0.05, 0.1) is 11.7 Å². The molecule has 0 bridgehead atoms. The van der Waals surface area contributed by atoms with E-state index >= 15 is 0 Å². The van der Waals surface area contributed by atoms with Crippen molar-refractivity contribution < 1.29 is 4.74 Å². The number of methoxy groups -OCH3 is 1. The van der Waals surface area contributed by atoms with Crippen molar-refractivity contribution >= 4 is 16.6 Å². The Morgan fingerprint density at radius 2 is 2.33 bits per heavy atom. The van der Waals surface area contributed by atoms with Crippen molar-refractivity contribution in [1.82, 2.24) is 9.78 Å². The van der Waals surface area contributed by atoms with Crippen LogP contribution in [0.25, 0.3) is 10.9 Å². The van der Waals surface area contributed by atoms with E-state index in [-0.39, 0.29) is 0 Å². The minimum Gasteiger partial charge on any atom is -0.399 e. The Morgan fingerprint density at radius 1 is 1.47 bits per heavy atom. The third-order valence-corrected chi connectivity index (χ3v) is 2.38. The predicted octanol–water partition coefficient (Wildman–Crippen LogP) is 1.66. The quantitative estimate of drug-likeness (QED) is 0.610. The molecule has 0 aliphatic heterocycles. The number of benzene rings is 1. The van der Waals surface area contributed by atoms with E-state index in [1.165, 1.54) is 0 Å². The normalized spacial score (nSPS) is 11.0. The van der Waals surface area contributed by atoms with Crippen LogP contribution in [0.15, 0.2) is 24.4 Å². The van der Waals surface area contributed by atoms with Gasteiger partial charge in [0.25, 0.3) is 0 Å². The second kappa shape index (κ2) is 4.31. The molecule has 0 amide bonds. The lowest BCUT2D eigenvalue weighted by Crippen LogP contribution is -2.02. The van der Waals surface area contributed by atoms with Crippen LogP contribution in [-0.2, 0) is 11.3 Å². The van der Waals surface area contributed by atoms with Gasteiger partial charge in [-0.05, 0) is 24.6 Å². The van der Waals surface area contributed by atoms with Gasteiger partial charge in [-0.3, -0.25) is 4.68 Å². The Morgan fingerprint density at radius 3 is 3.13 bits per heavy atom. The van der Waals surface area contributed by atoms with Crippen molar-refractivity contribution in [3.8, 4) is 0 Å². The summed E-state index contributed by atoms with van der Waals surface area (Å²) in [5.74, 6) is 0. The van der Waals surface area contributed by atoms with E-state index in [1.807, 2.05) is 29.1 Å². The molecule has 4 nitrogen and oxygen atoms in total. The molecular formula is C11H15N3O. The zero-order valence-electron chi connectivity index (χ0n) is 8.81. The fourth-order valence-corrected chi connectivity index (χ4v) is 1.64. The number of nitrogens with two attached hydrogens (primary N) is 1. The molecule has 80 valence electrons. The van der Waals surface area contributed by atoms with E-state index < -0.39 is 0 Å². The Hall–Kier alpha value is -1.55. The van der Waals surface area contributed by atoms with Gasteiger partial charge in [-0.25, -0.2) is 0 Å². The molecule has 2 aromatic rings. The van der Waals surface area contributed by atoms with Crippen molar-refractivity contribution in [3.63, 3.8) is 0 Å². The van der Waals surface area contributed by atoms with E-state index in [0.717, 1.165) is 36.2 Å². The fourth-order valence-electron chi connectivity index (χ4n) is 1.64. The Labute approximate surface area is 88.6 Å². The molecule has 1 heterocycles. The van der Waals surface area contributed by atoms with Crippen molar-refractivity contribution in [3.05, 3.63) is 24.4 Å². The van der Waals surface area contributed by atoms with Gasteiger partial charge in [-0.2, -0.15) is 5.10 Å². The van der Waals surface area contributed by atoms with Gasteiger partial charge >= 0.3 is 0 Å². The van der Waals surface area contributed by atoms with Gasteiger partial charge < -0.3 is 10.5 Å². The smallest absolute Gasteiger partial charge is 0.0683 e. The number of hydrogen-bond donors (Lipinski definition) is 1. The molecule has 15 heavy (non-hydrogen) atoms. The molecule has 0 spiro atoms. The fraction of sp³-hybridized carbons (Fsp3) is 0.364. The minimum absolute atomic E-state index is 0.760. The minimum atomic E-state index is 0.760. The number of aromatic nitrogens is 2. The summed E-state index contributed by atoms with van der Waals surface area (Å²) >= 11 is 0. The summed E-state index contributed by atoms with van der Waals surface area (Å²) in [5.41, 5.74) is 7.60. The lowest BCUT2D eigenvalue weighted by atomic mass is 10.2. The highest BCUT2D eigenvalue weighted by molar-refractivity contribution is 5.81. The highest BCUT2D eigenvalue weighted by atomic mass is 16.5. The van der Waals surface area contributed by atoms with E-state index in [4.69, 9.17) is 10.5 Å². The lowest BCUT2D eigenvalue weighted by molar-refractivity contribution is 0.189. The van der Waals surface area contributed by atoms with E-state index in [0.29, 0.717) is 0 Å². The van der Waals surface area contributed by atoms with Crippen molar-refractivity contribution in [2.24, 2.45) is 0 Å². The zero-order valence-corrected chi connectivity index (χ0v) is 8.81. The van der Waals surface area contributed by atoms with E-state index in [1.54, 1.807) is 7.11 Å². The first kappa shape index (κ1) is 9.98. The maximum atomic E-state index is 5.70. The molecule has 0 saturated heterocycles. The SMILES string of the molecule is COCCCn1ncc2cc(N)ccc21. The van der Waals surface area contributed by atoms with Crippen LogP contribution >= 0.6 is 0 Å². The molecule has 2 rings (SSSR count). The third kappa shape index (κ3) is 2.10. The van der Waals surface area contributed by atoms with Crippen LogP contribution < -0.4 is 5.73 Å². The molecule has 0 radical (unpaired) electrons. The van der Waals surface area contributed by atoms with Gasteiger partial charge in [-0.15, -0.1) is 0 Å². The van der Waals surface area contributed by atoms with Crippen molar-refractivity contribution in [2.45, 2.75) is 13.0 Å². The summed E-state index contributed by atoms with van der Waals surface area (Å²) < 4.78 is 6.99. The highest BCUT2D eigenvalue weighted by Crippen LogP contribution is 2.16. The Kier molecular flexibility index (Phi) is 2.87. The number of aryl methyl sites for hydroxylation is 1. The molecule has 0 fully saturated rings. The van der Waals surface area contributed by atoms with Gasteiger partial charge in [-0.1, -0.05) is 0 Å². The average Bonchev–Trinajstić information content (AvgIpc) is 2.61. The van der Waals surface area contributed by atoms with Crippen LogP contribution in [0, 0.1) is 0 Å². The molecule has 1 aromatic carbocycles. The summed E-state index contributed by atoms with van der Waals surface area (Å²) in [6, 6.07) is 5.84. The molecule has 2 N–H and O–H groups in total. The number of rotatable bonds is 4. The second-order valence-electron chi connectivity index (χ2n) is 3.53.